The summed E-state index contributed by atoms with van der Waals surface area (Å²) in [5.74, 6) is 0.563. The van der Waals surface area contributed by atoms with Crippen LogP contribution < -0.4 is 4.72 Å². The molecule has 0 amide bonds. The molecule has 0 spiro atoms. The van der Waals surface area contributed by atoms with Gasteiger partial charge in [-0.25, -0.2) is 8.93 Å². The number of carbonyl (C=O) groups excluding carboxylic acids is 1. The number of rotatable bonds is 3. The largest absolute Gasteiger partial charge is 0.295 e. The second-order valence-electron chi connectivity index (χ2n) is 10.4. The van der Waals surface area contributed by atoms with Crippen molar-refractivity contribution in [2.45, 2.75) is 64.0 Å². The van der Waals surface area contributed by atoms with Gasteiger partial charge in [-0.05, 0) is 65.8 Å². The fraction of sp³-hybridized carbons (Fsp3) is 0.458. The van der Waals surface area contributed by atoms with E-state index in [2.05, 4.69) is 60.8 Å². The van der Waals surface area contributed by atoms with Crippen LogP contribution in [0.3, 0.4) is 0 Å². The first-order valence-corrected chi connectivity index (χ1v) is 15.1. The monoisotopic (exact) mass is 425 g/mol. The summed E-state index contributed by atoms with van der Waals surface area (Å²) in [5.41, 5.74) is 3.71. The number of ketones is 1. The van der Waals surface area contributed by atoms with Crippen LogP contribution in [0.1, 0.15) is 50.8 Å². The van der Waals surface area contributed by atoms with Crippen LogP contribution in [-0.4, -0.2) is 22.8 Å². The number of carbonyl (C=O) groups is 1. The van der Waals surface area contributed by atoms with E-state index in [1.807, 2.05) is 20.8 Å². The zero-order valence-electron chi connectivity index (χ0n) is 18.3. The molecule has 0 saturated heterocycles. The van der Waals surface area contributed by atoms with Gasteiger partial charge >= 0.3 is 0 Å². The standard InChI is InChI=1S/C24H31NO2SSi/c1-24(2,3)28(27)25-19-13-16-14-20(26)23(29(4,5)6)21(16)18-12-11-15-9-7-8-10-17(15)22(18)19/h7-12,16,19,25H,13-14H2,1-6H3/t16-,19+,28-/m1/s1. The van der Waals surface area contributed by atoms with Gasteiger partial charge in [0, 0.05) is 12.5 Å². The number of allylic oxidation sites excluding steroid dienone is 2. The SMILES string of the molecule is CC(C)(C)[S@@](=O)N[C@H]1C[C@@H]2CC(=O)C([Si](C)(C)C)=C2c2ccc3ccccc3c21. The molecule has 3 nitrogen and oxygen atoms in total. The van der Waals surface area contributed by atoms with E-state index in [0.29, 0.717) is 12.2 Å². The third kappa shape index (κ3) is 3.58. The number of fused-ring (bicyclic) bond motifs is 5. The second kappa shape index (κ2) is 7.00. The van der Waals surface area contributed by atoms with Crippen molar-refractivity contribution in [3.63, 3.8) is 0 Å². The molecule has 2 aromatic carbocycles. The van der Waals surface area contributed by atoms with Gasteiger partial charge in [0.15, 0.2) is 5.78 Å². The summed E-state index contributed by atoms with van der Waals surface area (Å²) < 4.78 is 16.1. The zero-order valence-corrected chi connectivity index (χ0v) is 20.1. The minimum atomic E-state index is -1.77. The Kier molecular flexibility index (Phi) is 5.00. The van der Waals surface area contributed by atoms with Gasteiger partial charge in [0.25, 0.3) is 0 Å². The Bertz CT molecular complexity index is 1060. The lowest BCUT2D eigenvalue weighted by Gasteiger charge is -2.35. The Balaban J connectivity index is 1.96. The molecule has 1 N–H and O–H groups in total. The molecule has 2 aromatic rings. The molecule has 3 atom stereocenters. The van der Waals surface area contributed by atoms with Crippen LogP contribution in [0.2, 0.25) is 19.6 Å². The molecule has 0 unspecified atom stereocenters. The van der Waals surface area contributed by atoms with Crippen LogP contribution in [-0.2, 0) is 15.8 Å². The average molecular weight is 426 g/mol. The van der Waals surface area contributed by atoms with E-state index in [9.17, 15) is 9.00 Å². The van der Waals surface area contributed by atoms with Crippen LogP contribution in [0.15, 0.2) is 41.6 Å². The highest BCUT2D eigenvalue weighted by Crippen LogP contribution is 2.51. The average Bonchev–Trinajstić information content (AvgIpc) is 2.96. The van der Waals surface area contributed by atoms with E-state index in [0.717, 1.165) is 11.6 Å². The first-order valence-electron chi connectivity index (χ1n) is 10.5. The van der Waals surface area contributed by atoms with E-state index < -0.39 is 19.1 Å². The molecule has 0 radical (unpaired) electrons. The van der Waals surface area contributed by atoms with Gasteiger partial charge in [-0.15, -0.1) is 0 Å². The van der Waals surface area contributed by atoms with Crippen LogP contribution in [0.25, 0.3) is 16.3 Å². The predicted octanol–water partition coefficient (Wildman–Crippen LogP) is 5.56. The first-order chi connectivity index (χ1) is 13.5. The van der Waals surface area contributed by atoms with E-state index in [4.69, 9.17) is 0 Å². The number of hydrogen-bond donors (Lipinski definition) is 1. The smallest absolute Gasteiger partial charge is 0.155 e. The van der Waals surface area contributed by atoms with Gasteiger partial charge in [-0.1, -0.05) is 56.0 Å². The van der Waals surface area contributed by atoms with Crippen molar-refractivity contribution in [2.24, 2.45) is 5.92 Å². The third-order valence-electron chi connectivity index (χ3n) is 6.07. The fourth-order valence-corrected chi connectivity index (χ4v) is 7.79. The zero-order chi connectivity index (χ0) is 21.1. The van der Waals surface area contributed by atoms with Crippen molar-refractivity contribution in [2.75, 3.05) is 0 Å². The van der Waals surface area contributed by atoms with E-state index in [1.165, 1.54) is 27.5 Å². The first kappa shape index (κ1) is 20.7. The fourth-order valence-electron chi connectivity index (χ4n) is 4.88. The van der Waals surface area contributed by atoms with Crippen molar-refractivity contribution >= 4 is 41.2 Å². The molecule has 0 saturated carbocycles. The Morgan fingerprint density at radius 3 is 2.41 bits per heavy atom. The molecule has 0 aromatic heterocycles. The molecule has 0 aliphatic heterocycles. The van der Waals surface area contributed by atoms with Gasteiger partial charge in [0.1, 0.15) is 0 Å². The molecule has 2 aliphatic rings. The predicted molar refractivity (Wildman–Crippen MR) is 126 cm³/mol. The minimum absolute atomic E-state index is 0.0151. The molecule has 0 bridgehead atoms. The van der Waals surface area contributed by atoms with Gasteiger partial charge in [-0.3, -0.25) is 4.79 Å². The topological polar surface area (TPSA) is 46.2 Å². The van der Waals surface area contributed by atoms with Crippen LogP contribution in [0, 0.1) is 5.92 Å². The van der Waals surface area contributed by atoms with Crippen molar-refractivity contribution in [3.8, 4) is 0 Å². The maximum absolute atomic E-state index is 13.0. The number of Topliss-reactive ketones (excluding diaryl/α,β-unsaturated/α-hetero) is 1. The van der Waals surface area contributed by atoms with Gasteiger partial charge in [0.05, 0.1) is 23.8 Å². The summed E-state index contributed by atoms with van der Waals surface area (Å²) >= 11 is 0. The highest BCUT2D eigenvalue weighted by molar-refractivity contribution is 7.84. The Morgan fingerprint density at radius 2 is 1.76 bits per heavy atom. The molecule has 0 fully saturated rings. The summed E-state index contributed by atoms with van der Waals surface area (Å²) in [6.45, 7) is 12.8. The second-order valence-corrected chi connectivity index (χ2v) is 17.4. The molecular formula is C24H31NO2SSi. The number of benzene rings is 2. The lowest BCUT2D eigenvalue weighted by Crippen LogP contribution is -2.38. The van der Waals surface area contributed by atoms with Crippen LogP contribution >= 0.6 is 0 Å². The van der Waals surface area contributed by atoms with Crippen molar-refractivity contribution in [1.29, 1.82) is 0 Å². The highest BCUT2D eigenvalue weighted by Gasteiger charge is 2.44. The molecule has 154 valence electrons. The normalized spacial score (nSPS) is 23.3. The van der Waals surface area contributed by atoms with E-state index in [-0.39, 0.29) is 16.7 Å². The summed E-state index contributed by atoms with van der Waals surface area (Å²) in [4.78, 5) is 13.0. The Hall–Kier alpha value is -1.56. The van der Waals surface area contributed by atoms with E-state index in [1.54, 1.807) is 0 Å². The highest BCUT2D eigenvalue weighted by atomic mass is 32.2. The van der Waals surface area contributed by atoms with Crippen molar-refractivity contribution in [3.05, 3.63) is 52.7 Å². The summed E-state index contributed by atoms with van der Waals surface area (Å²) in [6, 6.07) is 12.8. The summed E-state index contributed by atoms with van der Waals surface area (Å²) in [7, 11) is -2.94. The number of nitrogens with one attached hydrogen (secondary N) is 1. The lowest BCUT2D eigenvalue weighted by molar-refractivity contribution is -0.114. The molecule has 5 heteroatoms. The van der Waals surface area contributed by atoms with Gasteiger partial charge < -0.3 is 0 Å². The van der Waals surface area contributed by atoms with Crippen LogP contribution in [0.4, 0.5) is 0 Å². The molecule has 29 heavy (non-hydrogen) atoms. The van der Waals surface area contributed by atoms with E-state index >= 15 is 0 Å². The van der Waals surface area contributed by atoms with Gasteiger partial charge in [0.2, 0.25) is 0 Å². The molecular weight excluding hydrogens is 394 g/mol. The van der Waals surface area contributed by atoms with Crippen molar-refractivity contribution in [1.82, 2.24) is 4.72 Å². The van der Waals surface area contributed by atoms with Gasteiger partial charge in [-0.2, -0.15) is 0 Å². The quantitative estimate of drug-likeness (QED) is 0.655. The maximum atomic E-state index is 13.0. The Labute approximate surface area is 177 Å². The number of hydrogen-bond acceptors (Lipinski definition) is 2. The summed E-state index contributed by atoms with van der Waals surface area (Å²) in [6.07, 6.45) is 1.43. The molecule has 2 aliphatic carbocycles. The lowest BCUT2D eigenvalue weighted by atomic mass is 9.76. The summed E-state index contributed by atoms with van der Waals surface area (Å²) in [5, 5.41) is 3.51. The molecule has 4 rings (SSSR count). The van der Waals surface area contributed by atoms with Crippen LogP contribution in [0.5, 0.6) is 0 Å². The van der Waals surface area contributed by atoms with Crippen molar-refractivity contribution < 1.29 is 9.00 Å². The molecule has 0 heterocycles. The Morgan fingerprint density at radius 1 is 1.07 bits per heavy atom. The minimum Gasteiger partial charge on any atom is -0.295 e. The third-order valence-corrected chi connectivity index (χ3v) is 9.73. The maximum Gasteiger partial charge on any atom is 0.155 e.